The van der Waals surface area contributed by atoms with Gasteiger partial charge in [-0.3, -0.25) is 0 Å². The maximum absolute atomic E-state index is 9.83. The highest BCUT2D eigenvalue weighted by atomic mass is 16.3. The Hall–Kier alpha value is -2.48. The minimum Gasteiger partial charge on any atom is -0.508 e. The van der Waals surface area contributed by atoms with Gasteiger partial charge in [-0.1, -0.05) is 35.9 Å². The Morgan fingerprint density at radius 3 is 2.15 bits per heavy atom. The van der Waals surface area contributed by atoms with Gasteiger partial charge in [0.1, 0.15) is 11.5 Å². The standard InChI is InChI=1S/C18H14O2/c1-11-8-13-3-5-15(20)10-17(13)18(11)7-6-12-2-4-14(19)9-16(12)18/h2-10,19-20H,1H3. The Kier molecular flexibility index (Phi) is 2.01. The maximum Gasteiger partial charge on any atom is 0.115 e. The highest BCUT2D eigenvalue weighted by molar-refractivity contribution is 5.82. The van der Waals surface area contributed by atoms with Crippen LogP contribution in [-0.2, 0) is 5.41 Å². The SMILES string of the molecule is CC1=Cc2ccc(O)cc2C12C=Cc1ccc(O)cc12. The first-order valence-corrected chi connectivity index (χ1v) is 6.66. The third-order valence-electron chi connectivity index (χ3n) is 4.43. The van der Waals surface area contributed by atoms with Crippen molar-refractivity contribution in [2.45, 2.75) is 12.3 Å². The van der Waals surface area contributed by atoms with Crippen molar-refractivity contribution in [1.82, 2.24) is 0 Å². The van der Waals surface area contributed by atoms with E-state index in [1.807, 2.05) is 24.3 Å². The number of benzene rings is 2. The van der Waals surface area contributed by atoms with Crippen molar-refractivity contribution in [1.29, 1.82) is 0 Å². The average molecular weight is 262 g/mol. The molecule has 0 amide bonds. The minimum atomic E-state index is -0.345. The molecule has 1 atom stereocenters. The second-order valence-corrected chi connectivity index (χ2v) is 5.51. The van der Waals surface area contributed by atoms with Crippen molar-refractivity contribution in [2.24, 2.45) is 0 Å². The summed E-state index contributed by atoms with van der Waals surface area (Å²) in [7, 11) is 0. The fourth-order valence-electron chi connectivity index (χ4n) is 3.49. The summed E-state index contributed by atoms with van der Waals surface area (Å²) in [6.07, 6.45) is 6.40. The van der Waals surface area contributed by atoms with E-state index in [2.05, 4.69) is 25.2 Å². The van der Waals surface area contributed by atoms with Gasteiger partial charge in [-0.05, 0) is 53.4 Å². The highest BCUT2D eigenvalue weighted by Gasteiger charge is 2.43. The second-order valence-electron chi connectivity index (χ2n) is 5.51. The zero-order valence-electron chi connectivity index (χ0n) is 11.1. The van der Waals surface area contributed by atoms with Crippen LogP contribution in [0.3, 0.4) is 0 Å². The van der Waals surface area contributed by atoms with Crippen molar-refractivity contribution < 1.29 is 10.2 Å². The lowest BCUT2D eigenvalue weighted by molar-refractivity contribution is 0.473. The van der Waals surface area contributed by atoms with Crippen LogP contribution in [0.2, 0.25) is 0 Å². The number of aromatic hydroxyl groups is 2. The van der Waals surface area contributed by atoms with E-state index in [1.54, 1.807) is 12.1 Å². The van der Waals surface area contributed by atoms with Crippen LogP contribution in [0.5, 0.6) is 11.5 Å². The Labute approximate surface area is 117 Å². The monoisotopic (exact) mass is 262 g/mol. The number of hydrogen-bond donors (Lipinski definition) is 2. The van der Waals surface area contributed by atoms with E-state index >= 15 is 0 Å². The van der Waals surface area contributed by atoms with Crippen LogP contribution in [0.4, 0.5) is 0 Å². The normalized spacial score (nSPS) is 21.9. The van der Waals surface area contributed by atoms with E-state index in [4.69, 9.17) is 0 Å². The van der Waals surface area contributed by atoms with Crippen LogP contribution in [-0.4, -0.2) is 10.2 Å². The van der Waals surface area contributed by atoms with E-state index in [1.165, 1.54) is 5.57 Å². The van der Waals surface area contributed by atoms with Gasteiger partial charge in [-0.2, -0.15) is 0 Å². The molecule has 0 aromatic heterocycles. The number of phenolic OH excluding ortho intramolecular Hbond substituents is 2. The summed E-state index contributed by atoms with van der Waals surface area (Å²) in [6.45, 7) is 2.10. The number of phenols is 2. The van der Waals surface area contributed by atoms with Crippen molar-refractivity contribution >= 4 is 12.2 Å². The molecule has 2 aromatic carbocycles. The molecule has 20 heavy (non-hydrogen) atoms. The number of hydrogen-bond acceptors (Lipinski definition) is 2. The van der Waals surface area contributed by atoms with Gasteiger partial charge < -0.3 is 10.2 Å². The first-order chi connectivity index (χ1) is 9.61. The number of allylic oxidation sites excluding steroid dienone is 2. The largest absolute Gasteiger partial charge is 0.508 e. The fourth-order valence-corrected chi connectivity index (χ4v) is 3.49. The zero-order valence-corrected chi connectivity index (χ0v) is 11.1. The van der Waals surface area contributed by atoms with E-state index in [0.717, 1.165) is 22.3 Å². The zero-order chi connectivity index (χ0) is 13.9. The van der Waals surface area contributed by atoms with Gasteiger partial charge >= 0.3 is 0 Å². The average Bonchev–Trinajstić information content (AvgIpc) is 2.92. The van der Waals surface area contributed by atoms with Crippen molar-refractivity contribution in [3.8, 4) is 11.5 Å². The van der Waals surface area contributed by atoms with Gasteiger partial charge in [0, 0.05) is 0 Å². The van der Waals surface area contributed by atoms with Crippen molar-refractivity contribution in [2.75, 3.05) is 0 Å². The lowest BCUT2D eigenvalue weighted by Gasteiger charge is -2.28. The molecule has 2 N–H and O–H groups in total. The molecule has 0 saturated carbocycles. The van der Waals surface area contributed by atoms with Gasteiger partial charge in [0.2, 0.25) is 0 Å². The molecule has 1 unspecified atom stereocenters. The van der Waals surface area contributed by atoms with Gasteiger partial charge in [-0.15, -0.1) is 0 Å². The van der Waals surface area contributed by atoms with Gasteiger partial charge in [0.25, 0.3) is 0 Å². The lowest BCUT2D eigenvalue weighted by Crippen LogP contribution is -2.22. The number of rotatable bonds is 0. The molecular weight excluding hydrogens is 248 g/mol. The van der Waals surface area contributed by atoms with Crippen LogP contribution >= 0.6 is 0 Å². The molecule has 2 heteroatoms. The highest BCUT2D eigenvalue weighted by Crippen LogP contribution is 2.53. The van der Waals surface area contributed by atoms with E-state index in [0.29, 0.717) is 0 Å². The summed E-state index contributed by atoms with van der Waals surface area (Å²) in [4.78, 5) is 0. The molecular formula is C18H14O2. The molecule has 98 valence electrons. The molecule has 0 saturated heterocycles. The van der Waals surface area contributed by atoms with Crippen molar-refractivity contribution in [3.63, 3.8) is 0 Å². The first kappa shape index (κ1) is 11.4. The molecule has 0 aliphatic heterocycles. The van der Waals surface area contributed by atoms with Crippen LogP contribution in [0, 0.1) is 0 Å². The third kappa shape index (κ3) is 1.23. The molecule has 2 aromatic rings. The first-order valence-electron chi connectivity index (χ1n) is 6.66. The van der Waals surface area contributed by atoms with E-state index in [-0.39, 0.29) is 16.9 Å². The fraction of sp³-hybridized carbons (Fsp3) is 0.111. The predicted octanol–water partition coefficient (Wildman–Crippen LogP) is 3.83. The molecule has 1 spiro atoms. The van der Waals surface area contributed by atoms with E-state index < -0.39 is 0 Å². The summed E-state index contributed by atoms with van der Waals surface area (Å²) in [6, 6.07) is 10.9. The van der Waals surface area contributed by atoms with E-state index in [9.17, 15) is 10.2 Å². The van der Waals surface area contributed by atoms with Gasteiger partial charge in [0.05, 0.1) is 5.41 Å². The number of fused-ring (bicyclic) bond motifs is 4. The summed E-state index contributed by atoms with van der Waals surface area (Å²) >= 11 is 0. The van der Waals surface area contributed by atoms with Crippen LogP contribution in [0.25, 0.3) is 12.2 Å². The minimum absolute atomic E-state index is 0.272. The van der Waals surface area contributed by atoms with Gasteiger partial charge in [0.15, 0.2) is 0 Å². The molecule has 2 nitrogen and oxygen atoms in total. The Morgan fingerprint density at radius 1 is 0.850 bits per heavy atom. The Balaban J connectivity index is 2.07. The summed E-state index contributed by atoms with van der Waals surface area (Å²) < 4.78 is 0. The molecule has 2 aliphatic rings. The molecule has 2 aliphatic carbocycles. The summed E-state index contributed by atoms with van der Waals surface area (Å²) in [5.74, 6) is 0.543. The Bertz CT molecular complexity index is 783. The third-order valence-corrected chi connectivity index (χ3v) is 4.43. The smallest absolute Gasteiger partial charge is 0.115 e. The van der Waals surface area contributed by atoms with Crippen molar-refractivity contribution in [3.05, 3.63) is 70.3 Å². The predicted molar refractivity (Wildman–Crippen MR) is 79.7 cm³/mol. The van der Waals surface area contributed by atoms with Crippen LogP contribution < -0.4 is 0 Å². The quantitative estimate of drug-likeness (QED) is 0.757. The molecule has 4 rings (SSSR count). The van der Waals surface area contributed by atoms with Crippen LogP contribution in [0.1, 0.15) is 29.2 Å². The van der Waals surface area contributed by atoms with Crippen LogP contribution in [0.15, 0.2) is 48.0 Å². The Morgan fingerprint density at radius 2 is 1.45 bits per heavy atom. The maximum atomic E-state index is 9.83. The second kappa shape index (κ2) is 3.54. The summed E-state index contributed by atoms with van der Waals surface area (Å²) in [5, 5.41) is 19.7. The molecule has 0 bridgehead atoms. The topological polar surface area (TPSA) is 40.5 Å². The molecule has 0 fully saturated rings. The molecule has 0 heterocycles. The molecule has 0 radical (unpaired) electrons. The van der Waals surface area contributed by atoms with Gasteiger partial charge in [-0.25, -0.2) is 0 Å². The summed E-state index contributed by atoms with van der Waals surface area (Å²) in [5.41, 5.74) is 5.26. The lowest BCUT2D eigenvalue weighted by atomic mass is 9.74.